The predicted octanol–water partition coefficient (Wildman–Crippen LogP) is 2.21. The van der Waals surface area contributed by atoms with E-state index in [4.69, 9.17) is 4.74 Å². The van der Waals surface area contributed by atoms with Crippen molar-refractivity contribution in [2.75, 3.05) is 26.2 Å². The van der Waals surface area contributed by atoms with Crippen molar-refractivity contribution < 1.29 is 9.53 Å². The summed E-state index contributed by atoms with van der Waals surface area (Å²) in [6.07, 6.45) is 6.15. The van der Waals surface area contributed by atoms with E-state index in [0.717, 1.165) is 25.6 Å². The van der Waals surface area contributed by atoms with E-state index in [0.29, 0.717) is 12.1 Å². The number of fused-ring (bicyclic) bond motifs is 1. The molecule has 0 radical (unpaired) electrons. The molecule has 3 aliphatic rings. The van der Waals surface area contributed by atoms with Crippen LogP contribution < -0.4 is 5.32 Å². The molecule has 1 N–H and O–H groups in total. The summed E-state index contributed by atoms with van der Waals surface area (Å²) in [6, 6.07) is 1.86. The van der Waals surface area contributed by atoms with Crippen molar-refractivity contribution >= 4 is 6.09 Å². The topological polar surface area (TPSA) is 44.8 Å². The Balaban J connectivity index is 1.44. The summed E-state index contributed by atoms with van der Waals surface area (Å²) in [5.74, 6) is 0. The number of carbonyl (C=O) groups is 1. The van der Waals surface area contributed by atoms with Crippen LogP contribution in [-0.2, 0) is 4.74 Å². The fourth-order valence-corrected chi connectivity index (χ4v) is 4.10. The number of nitrogens with zero attached hydrogens (tertiary/aromatic N) is 2. The predicted molar refractivity (Wildman–Crippen MR) is 87.0 cm³/mol. The molecule has 0 aromatic carbocycles. The van der Waals surface area contributed by atoms with Crippen LogP contribution in [0.2, 0.25) is 0 Å². The van der Waals surface area contributed by atoms with Crippen LogP contribution in [0.25, 0.3) is 0 Å². The minimum absolute atomic E-state index is 0.164. The summed E-state index contributed by atoms with van der Waals surface area (Å²) in [7, 11) is 0. The van der Waals surface area contributed by atoms with E-state index in [2.05, 4.69) is 10.2 Å². The molecule has 3 atom stereocenters. The van der Waals surface area contributed by atoms with Gasteiger partial charge >= 0.3 is 6.09 Å². The fourth-order valence-electron chi connectivity index (χ4n) is 4.10. The second-order valence-corrected chi connectivity index (χ2v) is 8.13. The number of rotatable bonds is 2. The molecular weight excluding hydrogens is 278 g/mol. The SMILES string of the molecule is CC(C)(C)OC(=O)N1CCC(NC2CCN3CCCC3C2)C1. The first kappa shape index (κ1) is 16.1. The van der Waals surface area contributed by atoms with Crippen LogP contribution >= 0.6 is 0 Å². The highest BCUT2D eigenvalue weighted by Gasteiger charge is 2.35. The Labute approximate surface area is 134 Å². The van der Waals surface area contributed by atoms with Gasteiger partial charge in [-0.1, -0.05) is 0 Å². The van der Waals surface area contributed by atoms with Crippen molar-refractivity contribution in [3.8, 4) is 0 Å². The molecule has 22 heavy (non-hydrogen) atoms. The van der Waals surface area contributed by atoms with Crippen molar-refractivity contribution in [3.63, 3.8) is 0 Å². The van der Waals surface area contributed by atoms with Gasteiger partial charge in [-0.15, -0.1) is 0 Å². The van der Waals surface area contributed by atoms with Crippen LogP contribution in [0.15, 0.2) is 0 Å². The maximum atomic E-state index is 12.1. The Hall–Kier alpha value is -0.810. The lowest BCUT2D eigenvalue weighted by atomic mass is 9.97. The number of hydrogen-bond donors (Lipinski definition) is 1. The zero-order chi connectivity index (χ0) is 15.7. The van der Waals surface area contributed by atoms with Gasteiger partial charge in [0.25, 0.3) is 0 Å². The molecule has 3 heterocycles. The smallest absolute Gasteiger partial charge is 0.410 e. The fraction of sp³-hybridized carbons (Fsp3) is 0.941. The van der Waals surface area contributed by atoms with Gasteiger partial charge in [-0.05, 0) is 66.0 Å². The summed E-state index contributed by atoms with van der Waals surface area (Å²) < 4.78 is 5.47. The first-order valence-electron chi connectivity index (χ1n) is 8.89. The maximum absolute atomic E-state index is 12.1. The highest BCUT2D eigenvalue weighted by atomic mass is 16.6. The lowest BCUT2D eigenvalue weighted by molar-refractivity contribution is 0.0289. The number of ether oxygens (including phenoxy) is 1. The van der Waals surface area contributed by atoms with Gasteiger partial charge in [0.1, 0.15) is 5.60 Å². The van der Waals surface area contributed by atoms with E-state index in [1.54, 1.807) is 0 Å². The molecule has 0 aromatic rings. The molecule has 3 aliphatic heterocycles. The molecule has 3 rings (SSSR count). The van der Waals surface area contributed by atoms with E-state index >= 15 is 0 Å². The van der Waals surface area contributed by atoms with Crippen LogP contribution in [0, 0.1) is 0 Å². The minimum atomic E-state index is -0.405. The van der Waals surface area contributed by atoms with E-state index < -0.39 is 5.60 Å². The van der Waals surface area contributed by atoms with Crippen molar-refractivity contribution in [2.45, 2.75) is 76.6 Å². The van der Waals surface area contributed by atoms with E-state index in [9.17, 15) is 4.79 Å². The summed E-state index contributed by atoms with van der Waals surface area (Å²) in [5.41, 5.74) is -0.405. The molecule has 3 fully saturated rings. The van der Waals surface area contributed by atoms with Crippen LogP contribution in [0.1, 0.15) is 52.9 Å². The number of hydrogen-bond acceptors (Lipinski definition) is 4. The molecule has 0 bridgehead atoms. The van der Waals surface area contributed by atoms with Gasteiger partial charge in [0.15, 0.2) is 0 Å². The lowest BCUT2D eigenvalue weighted by Gasteiger charge is -2.36. The molecule has 5 heteroatoms. The lowest BCUT2D eigenvalue weighted by Crippen LogP contribution is -2.49. The molecule has 1 amide bonds. The average Bonchev–Trinajstić information content (AvgIpc) is 3.04. The third-order valence-electron chi connectivity index (χ3n) is 5.13. The summed E-state index contributed by atoms with van der Waals surface area (Å²) in [4.78, 5) is 16.6. The van der Waals surface area contributed by atoms with Gasteiger partial charge in [0, 0.05) is 31.2 Å². The van der Waals surface area contributed by atoms with Gasteiger partial charge in [0.2, 0.25) is 0 Å². The van der Waals surface area contributed by atoms with Gasteiger partial charge in [-0.2, -0.15) is 0 Å². The Morgan fingerprint density at radius 1 is 1.09 bits per heavy atom. The number of amides is 1. The molecule has 0 aliphatic carbocycles. The van der Waals surface area contributed by atoms with Crippen molar-refractivity contribution in [3.05, 3.63) is 0 Å². The van der Waals surface area contributed by atoms with E-state index in [1.807, 2.05) is 25.7 Å². The number of piperidine rings is 1. The molecular formula is C17H31N3O2. The number of likely N-dealkylation sites (tertiary alicyclic amines) is 1. The molecule has 3 unspecified atom stereocenters. The molecule has 126 valence electrons. The summed E-state index contributed by atoms with van der Waals surface area (Å²) >= 11 is 0. The zero-order valence-corrected chi connectivity index (χ0v) is 14.3. The second kappa shape index (κ2) is 6.36. The normalized spacial score (nSPS) is 33.0. The molecule has 0 spiro atoms. The standard InChI is InChI=1S/C17H31N3O2/c1-17(2,3)22-16(21)20-10-7-14(12-20)18-13-6-9-19-8-4-5-15(19)11-13/h13-15,18H,4-12H2,1-3H3. The van der Waals surface area contributed by atoms with E-state index in [-0.39, 0.29) is 6.09 Å². The first-order valence-corrected chi connectivity index (χ1v) is 8.89. The molecule has 5 nitrogen and oxygen atoms in total. The van der Waals surface area contributed by atoms with Gasteiger partial charge in [0.05, 0.1) is 0 Å². The Morgan fingerprint density at radius 2 is 1.86 bits per heavy atom. The number of carbonyl (C=O) groups excluding carboxylic acids is 1. The van der Waals surface area contributed by atoms with Gasteiger partial charge in [-0.25, -0.2) is 4.79 Å². The average molecular weight is 309 g/mol. The highest BCUT2D eigenvalue weighted by molar-refractivity contribution is 5.68. The molecule has 3 saturated heterocycles. The largest absolute Gasteiger partial charge is 0.444 e. The van der Waals surface area contributed by atoms with Crippen molar-refractivity contribution in [2.24, 2.45) is 0 Å². The Morgan fingerprint density at radius 3 is 2.64 bits per heavy atom. The Bertz CT molecular complexity index is 407. The van der Waals surface area contributed by atoms with Gasteiger partial charge < -0.3 is 19.9 Å². The quantitative estimate of drug-likeness (QED) is 0.849. The number of nitrogens with one attached hydrogen (secondary N) is 1. The van der Waals surface area contributed by atoms with Crippen LogP contribution in [-0.4, -0.2) is 65.8 Å². The third-order valence-corrected chi connectivity index (χ3v) is 5.13. The highest BCUT2D eigenvalue weighted by Crippen LogP contribution is 2.27. The van der Waals surface area contributed by atoms with E-state index in [1.165, 1.54) is 38.8 Å². The van der Waals surface area contributed by atoms with Crippen molar-refractivity contribution in [1.82, 2.24) is 15.1 Å². The van der Waals surface area contributed by atoms with Crippen LogP contribution in [0.5, 0.6) is 0 Å². The third kappa shape index (κ3) is 3.93. The van der Waals surface area contributed by atoms with Crippen LogP contribution in [0.4, 0.5) is 4.79 Å². The van der Waals surface area contributed by atoms with Crippen LogP contribution in [0.3, 0.4) is 0 Å². The maximum Gasteiger partial charge on any atom is 0.410 e. The minimum Gasteiger partial charge on any atom is -0.444 e. The monoisotopic (exact) mass is 309 g/mol. The first-order chi connectivity index (χ1) is 10.4. The Kier molecular flexibility index (Phi) is 4.64. The second-order valence-electron chi connectivity index (χ2n) is 8.13. The molecule has 0 saturated carbocycles. The van der Waals surface area contributed by atoms with Gasteiger partial charge in [-0.3, -0.25) is 0 Å². The molecule has 0 aromatic heterocycles. The zero-order valence-electron chi connectivity index (χ0n) is 14.3. The summed E-state index contributed by atoms with van der Waals surface area (Å²) in [5, 5.41) is 3.80. The van der Waals surface area contributed by atoms with Crippen molar-refractivity contribution in [1.29, 1.82) is 0 Å². The summed E-state index contributed by atoms with van der Waals surface area (Å²) in [6.45, 7) is 9.91.